The van der Waals surface area contributed by atoms with E-state index in [4.69, 9.17) is 22.3 Å². The summed E-state index contributed by atoms with van der Waals surface area (Å²) in [6.07, 6.45) is 2.69. The SMILES string of the molecule is NCCCN(C(=O)c1ccc(Cl)cc1)C(c1ccccc1)c1nc2ccccn2c(=O)c1Cc1ccccc1. The molecule has 196 valence electrons. The lowest BCUT2D eigenvalue weighted by molar-refractivity contribution is 0.0701. The Labute approximate surface area is 232 Å². The minimum absolute atomic E-state index is 0.155. The molecule has 5 rings (SSSR count). The van der Waals surface area contributed by atoms with Gasteiger partial charge in [-0.3, -0.25) is 14.0 Å². The van der Waals surface area contributed by atoms with Gasteiger partial charge in [-0.25, -0.2) is 4.98 Å². The zero-order valence-corrected chi connectivity index (χ0v) is 22.2. The van der Waals surface area contributed by atoms with Crippen LogP contribution in [0, 0.1) is 0 Å². The van der Waals surface area contributed by atoms with Crippen molar-refractivity contribution in [3.8, 4) is 0 Å². The molecular weight excluding hydrogens is 508 g/mol. The minimum atomic E-state index is -0.613. The summed E-state index contributed by atoms with van der Waals surface area (Å²) in [6, 6.07) is 31.3. The number of fused-ring (bicyclic) bond motifs is 1. The zero-order valence-electron chi connectivity index (χ0n) is 21.4. The normalized spacial score (nSPS) is 11.8. The second-order valence-corrected chi connectivity index (χ2v) is 9.77. The second-order valence-electron chi connectivity index (χ2n) is 9.33. The number of rotatable bonds is 9. The number of carbonyl (C=O) groups excluding carboxylic acids is 1. The maximum absolute atomic E-state index is 14.1. The van der Waals surface area contributed by atoms with Crippen LogP contribution >= 0.6 is 11.6 Å². The number of carbonyl (C=O) groups is 1. The quantitative estimate of drug-likeness (QED) is 0.269. The summed E-state index contributed by atoms with van der Waals surface area (Å²) < 4.78 is 1.56. The van der Waals surface area contributed by atoms with Crippen molar-refractivity contribution in [2.75, 3.05) is 13.1 Å². The van der Waals surface area contributed by atoms with E-state index in [-0.39, 0.29) is 11.5 Å². The first-order chi connectivity index (χ1) is 19.1. The molecule has 6 nitrogen and oxygen atoms in total. The summed E-state index contributed by atoms with van der Waals surface area (Å²) >= 11 is 6.12. The maximum atomic E-state index is 14.1. The van der Waals surface area contributed by atoms with Crippen molar-refractivity contribution in [2.24, 2.45) is 5.73 Å². The largest absolute Gasteiger partial charge is 0.330 e. The van der Waals surface area contributed by atoms with Gasteiger partial charge in [-0.05, 0) is 60.5 Å². The highest BCUT2D eigenvalue weighted by Crippen LogP contribution is 2.32. The van der Waals surface area contributed by atoms with E-state index in [9.17, 15) is 9.59 Å². The standard InChI is InChI=1S/C32H29ClN4O2/c33-26-17-15-25(16-18-26)31(38)37(21-9-19-34)30(24-12-5-2-6-13-24)29-27(22-23-10-3-1-4-11-23)32(39)36-20-8-7-14-28(36)35-29/h1-8,10-18,20,30H,9,19,21-22,34H2. The minimum Gasteiger partial charge on any atom is -0.330 e. The molecule has 1 amide bonds. The summed E-state index contributed by atoms with van der Waals surface area (Å²) in [5.74, 6) is -0.185. The summed E-state index contributed by atoms with van der Waals surface area (Å²) in [5.41, 5.74) is 9.73. The van der Waals surface area contributed by atoms with Crippen LogP contribution in [0.15, 0.2) is 114 Å². The molecule has 7 heteroatoms. The third-order valence-corrected chi connectivity index (χ3v) is 6.98. The monoisotopic (exact) mass is 536 g/mol. The number of aromatic nitrogens is 2. The summed E-state index contributed by atoms with van der Waals surface area (Å²) in [7, 11) is 0. The molecule has 0 bridgehead atoms. The number of pyridine rings is 1. The second kappa shape index (κ2) is 12.1. The van der Waals surface area contributed by atoms with Crippen molar-refractivity contribution in [2.45, 2.75) is 18.9 Å². The summed E-state index contributed by atoms with van der Waals surface area (Å²) in [6.45, 7) is 0.800. The van der Waals surface area contributed by atoms with Gasteiger partial charge in [0.15, 0.2) is 0 Å². The van der Waals surface area contributed by atoms with Gasteiger partial charge in [0, 0.05) is 35.3 Å². The Morgan fingerprint density at radius 3 is 2.26 bits per heavy atom. The smallest absolute Gasteiger partial charge is 0.261 e. The van der Waals surface area contributed by atoms with Gasteiger partial charge in [-0.2, -0.15) is 0 Å². The molecule has 2 N–H and O–H groups in total. The first-order valence-corrected chi connectivity index (χ1v) is 13.3. The highest BCUT2D eigenvalue weighted by molar-refractivity contribution is 6.30. The number of hydrogen-bond donors (Lipinski definition) is 1. The lowest BCUT2D eigenvalue weighted by Crippen LogP contribution is -2.39. The maximum Gasteiger partial charge on any atom is 0.261 e. The predicted molar refractivity (Wildman–Crippen MR) is 155 cm³/mol. The lowest BCUT2D eigenvalue weighted by Gasteiger charge is -2.33. The molecule has 0 aliphatic heterocycles. The van der Waals surface area contributed by atoms with E-state index in [0.29, 0.717) is 53.4 Å². The Balaban J connectivity index is 1.76. The third-order valence-electron chi connectivity index (χ3n) is 6.72. The summed E-state index contributed by atoms with van der Waals surface area (Å²) in [4.78, 5) is 34.9. The van der Waals surface area contributed by atoms with E-state index in [1.807, 2.05) is 78.9 Å². The Kier molecular flexibility index (Phi) is 8.16. The van der Waals surface area contributed by atoms with Gasteiger partial charge in [-0.15, -0.1) is 0 Å². The fraction of sp³-hybridized carbons (Fsp3) is 0.156. The molecule has 2 aromatic heterocycles. The molecule has 39 heavy (non-hydrogen) atoms. The highest BCUT2D eigenvalue weighted by atomic mass is 35.5. The van der Waals surface area contributed by atoms with Gasteiger partial charge in [-0.1, -0.05) is 78.3 Å². The van der Waals surface area contributed by atoms with Crippen molar-refractivity contribution < 1.29 is 4.79 Å². The van der Waals surface area contributed by atoms with Crippen LogP contribution in [0.25, 0.3) is 5.65 Å². The van der Waals surface area contributed by atoms with Crippen LogP contribution in [0.3, 0.4) is 0 Å². The molecule has 0 fully saturated rings. The van der Waals surface area contributed by atoms with Gasteiger partial charge >= 0.3 is 0 Å². The van der Waals surface area contributed by atoms with Crippen LogP contribution in [-0.4, -0.2) is 33.3 Å². The summed E-state index contributed by atoms with van der Waals surface area (Å²) in [5, 5.41) is 0.550. The molecule has 0 aliphatic rings. The van der Waals surface area contributed by atoms with Gasteiger partial charge < -0.3 is 10.6 Å². The van der Waals surface area contributed by atoms with E-state index in [2.05, 4.69) is 0 Å². The van der Waals surface area contributed by atoms with E-state index in [1.165, 1.54) is 0 Å². The molecule has 2 heterocycles. The van der Waals surface area contributed by atoms with Crippen molar-refractivity contribution in [1.29, 1.82) is 0 Å². The van der Waals surface area contributed by atoms with Crippen molar-refractivity contribution in [1.82, 2.24) is 14.3 Å². The van der Waals surface area contributed by atoms with Crippen LogP contribution in [0.5, 0.6) is 0 Å². The van der Waals surface area contributed by atoms with Crippen LogP contribution in [0.4, 0.5) is 0 Å². The average molecular weight is 537 g/mol. The lowest BCUT2D eigenvalue weighted by atomic mass is 9.94. The zero-order chi connectivity index (χ0) is 27.2. The first kappa shape index (κ1) is 26.4. The van der Waals surface area contributed by atoms with Crippen molar-refractivity contribution >= 4 is 23.2 Å². The fourth-order valence-electron chi connectivity index (χ4n) is 4.82. The van der Waals surface area contributed by atoms with E-state index in [1.54, 1.807) is 39.8 Å². The first-order valence-electron chi connectivity index (χ1n) is 12.9. The number of hydrogen-bond acceptors (Lipinski definition) is 4. The molecule has 5 aromatic rings. The van der Waals surface area contributed by atoms with Gasteiger partial charge in [0.1, 0.15) is 11.7 Å². The molecule has 3 aromatic carbocycles. The third kappa shape index (κ3) is 5.77. The number of nitrogens with two attached hydrogens (primary N) is 1. The van der Waals surface area contributed by atoms with Crippen LogP contribution < -0.4 is 11.3 Å². The molecule has 1 atom stereocenters. The Morgan fingerprint density at radius 2 is 1.56 bits per heavy atom. The van der Waals surface area contributed by atoms with Crippen molar-refractivity contribution in [3.63, 3.8) is 0 Å². The Hall–Kier alpha value is -4.26. The molecular formula is C32H29ClN4O2. The topological polar surface area (TPSA) is 80.7 Å². The average Bonchev–Trinajstić information content (AvgIpc) is 2.98. The molecule has 1 unspecified atom stereocenters. The molecule has 0 saturated carbocycles. The number of halogens is 1. The Bertz CT molecular complexity index is 1620. The van der Waals surface area contributed by atoms with Gasteiger partial charge in [0.25, 0.3) is 11.5 Å². The van der Waals surface area contributed by atoms with Crippen LogP contribution in [-0.2, 0) is 6.42 Å². The van der Waals surface area contributed by atoms with Gasteiger partial charge in [0.2, 0.25) is 0 Å². The van der Waals surface area contributed by atoms with E-state index in [0.717, 1.165) is 11.1 Å². The molecule has 0 aliphatic carbocycles. The molecule has 0 spiro atoms. The number of benzene rings is 3. The molecule has 0 radical (unpaired) electrons. The van der Waals surface area contributed by atoms with Crippen LogP contribution in [0.2, 0.25) is 5.02 Å². The van der Waals surface area contributed by atoms with Gasteiger partial charge in [0.05, 0.1) is 5.69 Å². The fourth-order valence-corrected chi connectivity index (χ4v) is 4.95. The molecule has 0 saturated heterocycles. The van der Waals surface area contributed by atoms with Crippen LogP contribution in [0.1, 0.15) is 45.2 Å². The van der Waals surface area contributed by atoms with E-state index < -0.39 is 6.04 Å². The Morgan fingerprint density at radius 1 is 0.897 bits per heavy atom. The number of amides is 1. The highest BCUT2D eigenvalue weighted by Gasteiger charge is 2.32. The van der Waals surface area contributed by atoms with Crippen molar-refractivity contribution in [3.05, 3.63) is 153 Å². The number of nitrogens with zero attached hydrogens (tertiary/aromatic N) is 3. The van der Waals surface area contributed by atoms with E-state index >= 15 is 0 Å². The predicted octanol–water partition coefficient (Wildman–Crippen LogP) is 5.52.